The number of nitrogens with zero attached hydrogens (tertiary/aromatic N) is 2. The van der Waals surface area contributed by atoms with Gasteiger partial charge in [-0.1, -0.05) is 11.4 Å². The van der Waals surface area contributed by atoms with Gasteiger partial charge < -0.3 is 10.1 Å². The van der Waals surface area contributed by atoms with Gasteiger partial charge in [0.15, 0.2) is 5.69 Å². The second kappa shape index (κ2) is 6.58. The van der Waals surface area contributed by atoms with E-state index in [1.165, 1.54) is 11.3 Å². The van der Waals surface area contributed by atoms with E-state index in [1.54, 1.807) is 18.4 Å². The lowest BCUT2D eigenvalue weighted by molar-refractivity contribution is 0.0528. The Labute approximate surface area is 123 Å². The van der Waals surface area contributed by atoms with Crippen LogP contribution in [-0.2, 0) is 11.2 Å². The number of ether oxygens (including phenoxy) is 1. The van der Waals surface area contributed by atoms with Crippen LogP contribution in [0.15, 0.2) is 11.4 Å². The molecule has 106 valence electrons. The van der Waals surface area contributed by atoms with E-state index in [0.29, 0.717) is 17.2 Å². The van der Waals surface area contributed by atoms with E-state index in [-0.39, 0.29) is 11.6 Å². The fourth-order valence-electron chi connectivity index (χ4n) is 1.50. The molecule has 0 atom stereocenters. The lowest BCUT2D eigenvalue weighted by Crippen LogP contribution is -2.14. The molecule has 1 amide bonds. The summed E-state index contributed by atoms with van der Waals surface area (Å²) in [4.78, 5) is 24.8. The zero-order valence-electron chi connectivity index (χ0n) is 11.0. The highest BCUT2D eigenvalue weighted by Gasteiger charge is 2.19. The molecule has 2 rings (SSSR count). The summed E-state index contributed by atoms with van der Waals surface area (Å²) >= 11 is 2.46. The van der Waals surface area contributed by atoms with Crippen LogP contribution in [0.3, 0.4) is 0 Å². The maximum Gasteiger partial charge on any atom is 0.341 e. The third-order valence-electron chi connectivity index (χ3n) is 2.45. The third kappa shape index (κ3) is 3.20. The van der Waals surface area contributed by atoms with Crippen LogP contribution < -0.4 is 5.32 Å². The number of esters is 1. The number of aryl methyl sites for hydroxylation is 1. The first kappa shape index (κ1) is 14.6. The first-order valence-electron chi connectivity index (χ1n) is 6.03. The van der Waals surface area contributed by atoms with Crippen molar-refractivity contribution in [1.82, 2.24) is 9.59 Å². The van der Waals surface area contributed by atoms with Crippen LogP contribution >= 0.6 is 22.9 Å². The Hall–Kier alpha value is -1.80. The average molecular weight is 311 g/mol. The number of carbonyl (C=O) groups excluding carboxylic acids is 2. The Morgan fingerprint density at radius 3 is 2.80 bits per heavy atom. The van der Waals surface area contributed by atoms with Crippen molar-refractivity contribution in [3.05, 3.63) is 27.6 Å². The van der Waals surface area contributed by atoms with Crippen molar-refractivity contribution in [2.45, 2.75) is 20.3 Å². The zero-order chi connectivity index (χ0) is 14.5. The number of amides is 1. The standard InChI is InChI=1S/C12H13N3O3S2/c1-3-7-5-8(12(17)18-4-2)11(20-7)13-10(16)9-6-19-15-14-9/h5-6H,3-4H2,1-2H3,(H,13,16). The number of nitrogens with one attached hydrogen (secondary N) is 1. The maximum atomic E-state index is 12.0. The number of thiophene rings is 1. The largest absolute Gasteiger partial charge is 0.462 e. The normalized spacial score (nSPS) is 10.3. The number of hydrogen-bond acceptors (Lipinski definition) is 7. The van der Waals surface area contributed by atoms with Crippen molar-refractivity contribution in [3.63, 3.8) is 0 Å². The summed E-state index contributed by atoms with van der Waals surface area (Å²) in [5.74, 6) is -0.816. The van der Waals surface area contributed by atoms with Crippen molar-refractivity contribution in [3.8, 4) is 0 Å². The Morgan fingerprint density at radius 1 is 1.40 bits per heavy atom. The maximum absolute atomic E-state index is 12.0. The predicted octanol–water partition coefficient (Wildman–Crippen LogP) is 2.59. The number of carbonyl (C=O) groups is 2. The lowest BCUT2D eigenvalue weighted by Gasteiger charge is -2.04. The van der Waals surface area contributed by atoms with E-state index in [1.807, 2.05) is 6.92 Å². The molecule has 2 aromatic heterocycles. The molecule has 8 heteroatoms. The van der Waals surface area contributed by atoms with Crippen LogP contribution in [0.25, 0.3) is 0 Å². The van der Waals surface area contributed by atoms with Crippen LogP contribution in [0.2, 0.25) is 0 Å². The zero-order valence-corrected chi connectivity index (χ0v) is 12.6. The van der Waals surface area contributed by atoms with E-state index < -0.39 is 5.97 Å². The summed E-state index contributed by atoms with van der Waals surface area (Å²) in [6.07, 6.45) is 0.783. The lowest BCUT2D eigenvalue weighted by atomic mass is 10.2. The van der Waals surface area contributed by atoms with Crippen molar-refractivity contribution in [2.24, 2.45) is 0 Å². The van der Waals surface area contributed by atoms with Gasteiger partial charge in [0.25, 0.3) is 5.91 Å². The van der Waals surface area contributed by atoms with E-state index in [0.717, 1.165) is 22.8 Å². The van der Waals surface area contributed by atoms with Crippen molar-refractivity contribution < 1.29 is 14.3 Å². The molecule has 2 heterocycles. The first-order chi connectivity index (χ1) is 9.65. The van der Waals surface area contributed by atoms with E-state index in [9.17, 15) is 9.59 Å². The molecule has 6 nitrogen and oxygen atoms in total. The molecule has 0 fully saturated rings. The molecular weight excluding hydrogens is 298 g/mol. The molecule has 0 saturated carbocycles. The number of rotatable bonds is 5. The molecule has 0 unspecified atom stereocenters. The van der Waals surface area contributed by atoms with Gasteiger partial charge in [-0.3, -0.25) is 4.79 Å². The van der Waals surface area contributed by atoms with Gasteiger partial charge in [0.05, 0.1) is 12.2 Å². The second-order valence-electron chi connectivity index (χ2n) is 3.77. The van der Waals surface area contributed by atoms with E-state index >= 15 is 0 Å². The summed E-state index contributed by atoms with van der Waals surface area (Å²) in [5.41, 5.74) is 0.612. The van der Waals surface area contributed by atoms with Gasteiger partial charge in [0.1, 0.15) is 5.00 Å². The fourth-order valence-corrected chi connectivity index (χ4v) is 2.92. The van der Waals surface area contributed by atoms with E-state index in [2.05, 4.69) is 14.9 Å². The Bertz CT molecular complexity index is 608. The molecule has 0 spiro atoms. The number of hydrogen-bond donors (Lipinski definition) is 1. The molecular formula is C12H13N3O3S2. The minimum absolute atomic E-state index is 0.233. The molecule has 0 aliphatic carbocycles. The van der Waals surface area contributed by atoms with Gasteiger partial charge in [0, 0.05) is 10.3 Å². The smallest absolute Gasteiger partial charge is 0.341 e. The van der Waals surface area contributed by atoms with Crippen LogP contribution in [-0.4, -0.2) is 28.1 Å². The minimum atomic E-state index is -0.435. The topological polar surface area (TPSA) is 81.2 Å². The quantitative estimate of drug-likeness (QED) is 0.858. The Morgan fingerprint density at radius 2 is 2.20 bits per heavy atom. The summed E-state index contributed by atoms with van der Waals surface area (Å²) in [7, 11) is 0. The van der Waals surface area contributed by atoms with E-state index in [4.69, 9.17) is 4.74 Å². The van der Waals surface area contributed by atoms with Gasteiger partial charge in [-0.2, -0.15) is 0 Å². The molecule has 0 radical (unpaired) electrons. The van der Waals surface area contributed by atoms with Gasteiger partial charge >= 0.3 is 5.97 Å². The molecule has 20 heavy (non-hydrogen) atoms. The Kier molecular flexibility index (Phi) is 4.80. The van der Waals surface area contributed by atoms with Gasteiger partial charge in [-0.15, -0.1) is 16.4 Å². The van der Waals surface area contributed by atoms with Crippen molar-refractivity contribution in [2.75, 3.05) is 11.9 Å². The Balaban J connectivity index is 2.23. The minimum Gasteiger partial charge on any atom is -0.462 e. The molecule has 1 N–H and O–H groups in total. The van der Waals surface area contributed by atoms with Crippen LogP contribution in [0.5, 0.6) is 0 Å². The summed E-state index contributed by atoms with van der Waals surface area (Å²) < 4.78 is 8.63. The highest BCUT2D eigenvalue weighted by Crippen LogP contribution is 2.29. The molecule has 0 aliphatic heterocycles. The van der Waals surface area contributed by atoms with Crippen LogP contribution in [0, 0.1) is 0 Å². The molecule has 0 saturated heterocycles. The molecule has 0 aliphatic rings. The summed E-state index contributed by atoms with van der Waals surface area (Å²) in [6, 6.07) is 1.75. The summed E-state index contributed by atoms with van der Waals surface area (Å²) in [6.45, 7) is 4.01. The monoisotopic (exact) mass is 311 g/mol. The average Bonchev–Trinajstić information content (AvgIpc) is 3.08. The molecule has 0 bridgehead atoms. The summed E-state index contributed by atoms with van der Waals surface area (Å²) in [5, 5.41) is 8.42. The number of anilines is 1. The number of aromatic nitrogens is 2. The van der Waals surface area contributed by atoms with Gasteiger partial charge in [0.2, 0.25) is 0 Å². The fraction of sp³-hybridized carbons (Fsp3) is 0.333. The van der Waals surface area contributed by atoms with Gasteiger partial charge in [-0.05, 0) is 30.9 Å². The van der Waals surface area contributed by atoms with Gasteiger partial charge in [-0.25, -0.2) is 4.79 Å². The van der Waals surface area contributed by atoms with Crippen molar-refractivity contribution in [1.29, 1.82) is 0 Å². The first-order valence-corrected chi connectivity index (χ1v) is 7.69. The highest BCUT2D eigenvalue weighted by atomic mass is 32.1. The molecule has 2 aromatic rings. The van der Waals surface area contributed by atoms with Crippen molar-refractivity contribution >= 4 is 39.7 Å². The van der Waals surface area contributed by atoms with Crippen LogP contribution in [0.1, 0.15) is 39.6 Å². The predicted molar refractivity (Wildman–Crippen MR) is 77.5 cm³/mol. The second-order valence-corrected chi connectivity index (χ2v) is 5.52. The molecule has 0 aromatic carbocycles. The van der Waals surface area contributed by atoms with Crippen LogP contribution in [0.4, 0.5) is 5.00 Å². The third-order valence-corrected chi connectivity index (χ3v) is 4.15. The highest BCUT2D eigenvalue weighted by molar-refractivity contribution is 7.16. The SMILES string of the molecule is CCOC(=O)c1cc(CC)sc1NC(=O)c1csnn1.